The Balaban J connectivity index is 2.22. The molecule has 18 heavy (non-hydrogen) atoms. The van der Waals surface area contributed by atoms with Gasteiger partial charge in [-0.3, -0.25) is 4.90 Å². The van der Waals surface area contributed by atoms with E-state index < -0.39 is 0 Å². The fourth-order valence-corrected chi connectivity index (χ4v) is 4.02. The quantitative estimate of drug-likeness (QED) is 0.907. The van der Waals surface area contributed by atoms with Crippen LogP contribution in [0.25, 0.3) is 0 Å². The van der Waals surface area contributed by atoms with Gasteiger partial charge in [0.25, 0.3) is 0 Å². The highest BCUT2D eigenvalue weighted by Crippen LogP contribution is 2.35. The third-order valence-electron chi connectivity index (χ3n) is 3.99. The molecule has 0 aromatic carbocycles. The van der Waals surface area contributed by atoms with Gasteiger partial charge < -0.3 is 10.1 Å². The summed E-state index contributed by atoms with van der Waals surface area (Å²) in [4.78, 5) is 3.99. The normalized spacial score (nSPS) is 20.0. The van der Waals surface area contributed by atoms with E-state index in [1.54, 1.807) is 0 Å². The average Bonchev–Trinajstić information content (AvgIpc) is 2.78. The van der Waals surface area contributed by atoms with Crippen LogP contribution in [0.15, 0.2) is 11.4 Å². The maximum atomic E-state index is 5.46. The number of aryl methyl sites for hydroxylation is 1. The smallest absolute Gasteiger partial charge is 0.0596 e. The van der Waals surface area contributed by atoms with Crippen molar-refractivity contribution in [3.05, 3.63) is 21.9 Å². The van der Waals surface area contributed by atoms with E-state index in [0.717, 1.165) is 26.3 Å². The number of ether oxygens (including phenoxy) is 1. The number of morpholine rings is 1. The molecule has 1 aliphatic heterocycles. The molecule has 0 amide bonds. The van der Waals surface area contributed by atoms with Gasteiger partial charge in [0, 0.05) is 23.5 Å². The van der Waals surface area contributed by atoms with Crippen LogP contribution in [0.1, 0.15) is 30.3 Å². The molecule has 0 radical (unpaired) electrons. The molecule has 1 aromatic rings. The van der Waals surface area contributed by atoms with Crippen LogP contribution in [0, 0.1) is 6.92 Å². The van der Waals surface area contributed by atoms with Crippen molar-refractivity contribution in [1.82, 2.24) is 10.2 Å². The minimum absolute atomic E-state index is 0.105. The van der Waals surface area contributed by atoms with E-state index in [9.17, 15) is 0 Å². The van der Waals surface area contributed by atoms with Crippen LogP contribution in [-0.4, -0.2) is 43.8 Å². The van der Waals surface area contributed by atoms with E-state index in [1.807, 2.05) is 11.3 Å². The Labute approximate surface area is 114 Å². The van der Waals surface area contributed by atoms with Crippen molar-refractivity contribution in [2.24, 2.45) is 0 Å². The number of hydrogen-bond acceptors (Lipinski definition) is 4. The fraction of sp³-hybridized carbons (Fsp3) is 0.714. The monoisotopic (exact) mass is 268 g/mol. The molecule has 1 N–H and O–H groups in total. The molecule has 2 rings (SSSR count). The predicted molar refractivity (Wildman–Crippen MR) is 77.3 cm³/mol. The van der Waals surface area contributed by atoms with E-state index >= 15 is 0 Å². The highest BCUT2D eigenvalue weighted by Gasteiger charge is 2.37. The molecule has 1 unspecified atom stereocenters. The molecule has 4 heteroatoms. The van der Waals surface area contributed by atoms with Gasteiger partial charge in [-0.2, -0.15) is 0 Å². The molecule has 1 fully saturated rings. The van der Waals surface area contributed by atoms with Crippen LogP contribution in [-0.2, 0) is 4.74 Å². The summed E-state index contributed by atoms with van der Waals surface area (Å²) >= 11 is 1.85. The second kappa shape index (κ2) is 5.70. The Morgan fingerprint density at radius 1 is 1.39 bits per heavy atom. The lowest BCUT2D eigenvalue weighted by Gasteiger charge is -2.45. The van der Waals surface area contributed by atoms with Crippen LogP contribution in [0.4, 0.5) is 0 Å². The molecule has 1 aromatic heterocycles. The zero-order chi connectivity index (χ0) is 13.2. The number of rotatable bonds is 4. The summed E-state index contributed by atoms with van der Waals surface area (Å²) in [7, 11) is 2.06. The Morgan fingerprint density at radius 3 is 2.56 bits per heavy atom. The third-order valence-corrected chi connectivity index (χ3v) is 5.07. The number of nitrogens with zero attached hydrogens (tertiary/aromatic N) is 1. The molecule has 0 bridgehead atoms. The first-order chi connectivity index (χ1) is 8.57. The van der Waals surface area contributed by atoms with Gasteiger partial charge in [0.05, 0.1) is 19.3 Å². The Kier molecular flexibility index (Phi) is 4.43. The van der Waals surface area contributed by atoms with Crippen molar-refractivity contribution in [3.8, 4) is 0 Å². The summed E-state index contributed by atoms with van der Waals surface area (Å²) in [6.07, 6.45) is 0. The molecule has 2 heterocycles. The summed E-state index contributed by atoms with van der Waals surface area (Å²) in [6, 6.07) is 2.58. The molecular formula is C14H24N2OS. The van der Waals surface area contributed by atoms with Gasteiger partial charge >= 0.3 is 0 Å². The van der Waals surface area contributed by atoms with Crippen molar-refractivity contribution in [1.29, 1.82) is 0 Å². The van der Waals surface area contributed by atoms with Gasteiger partial charge in [0.15, 0.2) is 0 Å². The van der Waals surface area contributed by atoms with Crippen molar-refractivity contribution in [2.75, 3.05) is 33.4 Å². The number of likely N-dealkylation sites (N-methyl/N-ethyl adjacent to an activating group) is 1. The SMILES string of the molecule is CNC(c1sccc1C)C(C)(C)N1CCOCC1. The highest BCUT2D eigenvalue weighted by atomic mass is 32.1. The lowest BCUT2D eigenvalue weighted by atomic mass is 9.89. The van der Waals surface area contributed by atoms with Crippen molar-refractivity contribution in [2.45, 2.75) is 32.4 Å². The van der Waals surface area contributed by atoms with Gasteiger partial charge in [-0.1, -0.05) is 0 Å². The van der Waals surface area contributed by atoms with Gasteiger partial charge in [-0.15, -0.1) is 11.3 Å². The summed E-state index contributed by atoms with van der Waals surface area (Å²) in [5.74, 6) is 0. The molecule has 0 saturated carbocycles. The Bertz CT molecular complexity index is 383. The second-order valence-corrected chi connectivity index (χ2v) is 6.39. The molecular weight excluding hydrogens is 244 g/mol. The van der Waals surface area contributed by atoms with E-state index in [4.69, 9.17) is 4.74 Å². The lowest BCUT2D eigenvalue weighted by Crippen LogP contribution is -2.55. The molecule has 0 spiro atoms. The highest BCUT2D eigenvalue weighted by molar-refractivity contribution is 7.10. The third kappa shape index (κ3) is 2.62. The first-order valence-corrected chi connectivity index (χ1v) is 7.49. The maximum Gasteiger partial charge on any atom is 0.0596 e. The van der Waals surface area contributed by atoms with Gasteiger partial charge in [-0.25, -0.2) is 0 Å². The number of thiophene rings is 1. The minimum atomic E-state index is 0.105. The van der Waals surface area contributed by atoms with Gasteiger partial charge in [0.1, 0.15) is 0 Å². The Hall–Kier alpha value is -0.420. The van der Waals surface area contributed by atoms with Gasteiger partial charge in [0.2, 0.25) is 0 Å². The van der Waals surface area contributed by atoms with E-state index in [0.29, 0.717) is 6.04 Å². The predicted octanol–water partition coefficient (Wildman–Crippen LogP) is 2.43. The molecule has 1 saturated heterocycles. The second-order valence-electron chi connectivity index (χ2n) is 5.44. The van der Waals surface area contributed by atoms with Crippen LogP contribution in [0.5, 0.6) is 0 Å². The van der Waals surface area contributed by atoms with E-state index in [1.165, 1.54) is 10.4 Å². The molecule has 0 aliphatic carbocycles. The molecule has 1 atom stereocenters. The summed E-state index contributed by atoms with van der Waals surface area (Å²) < 4.78 is 5.46. The Morgan fingerprint density at radius 2 is 2.06 bits per heavy atom. The van der Waals surface area contributed by atoms with E-state index in [-0.39, 0.29) is 5.54 Å². The minimum Gasteiger partial charge on any atom is -0.379 e. The number of nitrogens with one attached hydrogen (secondary N) is 1. The van der Waals surface area contributed by atoms with Crippen molar-refractivity contribution < 1.29 is 4.74 Å². The topological polar surface area (TPSA) is 24.5 Å². The first-order valence-electron chi connectivity index (χ1n) is 6.61. The number of hydrogen-bond donors (Lipinski definition) is 1. The largest absolute Gasteiger partial charge is 0.379 e. The molecule has 1 aliphatic rings. The zero-order valence-corrected chi connectivity index (χ0v) is 12.6. The average molecular weight is 268 g/mol. The lowest BCUT2D eigenvalue weighted by molar-refractivity contribution is -0.0225. The maximum absolute atomic E-state index is 5.46. The van der Waals surface area contributed by atoms with Crippen LogP contribution in [0.3, 0.4) is 0 Å². The first kappa shape index (κ1) is 14.0. The van der Waals surface area contributed by atoms with Crippen molar-refractivity contribution >= 4 is 11.3 Å². The van der Waals surface area contributed by atoms with Crippen LogP contribution in [0.2, 0.25) is 0 Å². The summed E-state index contributed by atoms with van der Waals surface area (Å²) in [6.45, 7) is 10.6. The molecule has 102 valence electrons. The summed E-state index contributed by atoms with van der Waals surface area (Å²) in [5, 5.41) is 5.70. The standard InChI is InChI=1S/C14H24N2OS/c1-11-5-10-18-12(11)13(15-4)14(2,3)16-6-8-17-9-7-16/h5,10,13,15H,6-9H2,1-4H3. The summed E-state index contributed by atoms with van der Waals surface area (Å²) in [5.41, 5.74) is 1.49. The van der Waals surface area contributed by atoms with Gasteiger partial charge in [-0.05, 0) is 44.8 Å². The fourth-order valence-electron chi connectivity index (χ4n) is 2.81. The molecule has 3 nitrogen and oxygen atoms in total. The zero-order valence-electron chi connectivity index (χ0n) is 11.8. The van der Waals surface area contributed by atoms with E-state index in [2.05, 4.69) is 49.5 Å². The van der Waals surface area contributed by atoms with Crippen LogP contribution >= 0.6 is 11.3 Å². The van der Waals surface area contributed by atoms with Crippen molar-refractivity contribution in [3.63, 3.8) is 0 Å². The van der Waals surface area contributed by atoms with Crippen LogP contribution < -0.4 is 5.32 Å².